The summed E-state index contributed by atoms with van der Waals surface area (Å²) in [6.07, 6.45) is -1.36. The normalized spacial score (nSPS) is 18.9. The summed E-state index contributed by atoms with van der Waals surface area (Å²) < 4.78 is 40.6. The van der Waals surface area contributed by atoms with Crippen LogP contribution >= 0.6 is 0 Å². The SMILES string of the molecule is Cc1cc(N[C@H]2CC[C@@H](NC(=O)c3ccc(OC(F)(F)F)cc3)CC2)nc2ccccc12. The number of para-hydroxylation sites is 1. The number of nitrogens with zero attached hydrogens (tertiary/aromatic N) is 1. The second-order valence-electron chi connectivity index (χ2n) is 8.08. The lowest BCUT2D eigenvalue weighted by Crippen LogP contribution is -2.40. The molecule has 2 N–H and O–H groups in total. The third-order valence-corrected chi connectivity index (χ3v) is 5.69. The summed E-state index contributed by atoms with van der Waals surface area (Å²) in [4.78, 5) is 17.1. The first-order chi connectivity index (χ1) is 15.3. The quantitative estimate of drug-likeness (QED) is 0.539. The van der Waals surface area contributed by atoms with Crippen LogP contribution in [-0.4, -0.2) is 29.3 Å². The Balaban J connectivity index is 1.29. The minimum absolute atomic E-state index is 0.0259. The second kappa shape index (κ2) is 9.06. The Labute approximate surface area is 184 Å². The molecule has 2 aromatic carbocycles. The van der Waals surface area contributed by atoms with E-state index in [9.17, 15) is 18.0 Å². The van der Waals surface area contributed by atoms with E-state index in [-0.39, 0.29) is 23.7 Å². The molecule has 0 aliphatic heterocycles. The molecule has 0 atom stereocenters. The van der Waals surface area contributed by atoms with Gasteiger partial charge < -0.3 is 15.4 Å². The lowest BCUT2D eigenvalue weighted by atomic mass is 9.91. The zero-order valence-corrected chi connectivity index (χ0v) is 17.6. The number of rotatable bonds is 5. The van der Waals surface area contributed by atoms with Gasteiger partial charge in [0.25, 0.3) is 5.91 Å². The average molecular weight is 443 g/mol. The number of alkyl halides is 3. The van der Waals surface area contributed by atoms with E-state index < -0.39 is 6.36 Å². The van der Waals surface area contributed by atoms with Crippen LogP contribution in [-0.2, 0) is 0 Å². The fourth-order valence-corrected chi connectivity index (χ4v) is 4.09. The number of hydrogen-bond donors (Lipinski definition) is 2. The van der Waals surface area contributed by atoms with Gasteiger partial charge in [0.2, 0.25) is 0 Å². The maximum atomic E-state index is 12.4. The summed E-state index contributed by atoms with van der Waals surface area (Å²) in [6.45, 7) is 2.07. The molecule has 1 fully saturated rings. The van der Waals surface area contributed by atoms with Gasteiger partial charge in [-0.25, -0.2) is 4.98 Å². The zero-order valence-electron chi connectivity index (χ0n) is 17.6. The van der Waals surface area contributed by atoms with Crippen molar-refractivity contribution >= 4 is 22.6 Å². The molecule has 3 aromatic rings. The molecule has 168 valence electrons. The maximum Gasteiger partial charge on any atom is 0.573 e. The van der Waals surface area contributed by atoms with Gasteiger partial charge in [-0.3, -0.25) is 4.79 Å². The van der Waals surface area contributed by atoms with Gasteiger partial charge in [0.1, 0.15) is 11.6 Å². The highest BCUT2D eigenvalue weighted by molar-refractivity contribution is 5.94. The number of anilines is 1. The van der Waals surface area contributed by atoms with Crippen molar-refractivity contribution in [2.45, 2.75) is 51.1 Å². The molecule has 1 aromatic heterocycles. The summed E-state index contributed by atoms with van der Waals surface area (Å²) in [5.74, 6) is 0.208. The fourth-order valence-electron chi connectivity index (χ4n) is 4.09. The number of benzene rings is 2. The Morgan fingerprint density at radius 3 is 2.34 bits per heavy atom. The molecule has 1 amide bonds. The Morgan fingerprint density at radius 1 is 1.00 bits per heavy atom. The van der Waals surface area contributed by atoms with Crippen molar-refractivity contribution in [3.05, 3.63) is 65.7 Å². The van der Waals surface area contributed by atoms with Crippen LogP contribution in [0.15, 0.2) is 54.6 Å². The van der Waals surface area contributed by atoms with Crippen molar-refractivity contribution in [3.8, 4) is 5.75 Å². The third-order valence-electron chi connectivity index (χ3n) is 5.69. The zero-order chi connectivity index (χ0) is 22.7. The number of aromatic nitrogens is 1. The summed E-state index contributed by atoms with van der Waals surface area (Å²) in [5, 5.41) is 7.63. The van der Waals surface area contributed by atoms with Crippen LogP contribution in [0, 0.1) is 6.92 Å². The number of pyridine rings is 1. The minimum Gasteiger partial charge on any atom is -0.406 e. The molecule has 0 saturated heterocycles. The van der Waals surface area contributed by atoms with Crippen molar-refractivity contribution in [1.29, 1.82) is 0 Å². The fraction of sp³-hybridized carbons (Fsp3) is 0.333. The van der Waals surface area contributed by atoms with Crippen molar-refractivity contribution in [1.82, 2.24) is 10.3 Å². The van der Waals surface area contributed by atoms with E-state index in [4.69, 9.17) is 4.98 Å². The van der Waals surface area contributed by atoms with Gasteiger partial charge in [0.15, 0.2) is 0 Å². The van der Waals surface area contributed by atoms with Gasteiger partial charge in [0.05, 0.1) is 5.52 Å². The predicted molar refractivity (Wildman–Crippen MR) is 117 cm³/mol. The summed E-state index contributed by atoms with van der Waals surface area (Å²) in [5.41, 5.74) is 2.43. The van der Waals surface area contributed by atoms with Gasteiger partial charge >= 0.3 is 6.36 Å². The third kappa shape index (κ3) is 5.49. The predicted octanol–water partition coefficient (Wildman–Crippen LogP) is 5.59. The molecule has 0 radical (unpaired) electrons. The van der Waals surface area contributed by atoms with Crippen molar-refractivity contribution in [2.75, 3.05) is 5.32 Å². The van der Waals surface area contributed by atoms with E-state index in [1.54, 1.807) is 0 Å². The average Bonchev–Trinajstić information content (AvgIpc) is 2.74. The van der Waals surface area contributed by atoms with Crippen LogP contribution in [0.25, 0.3) is 10.9 Å². The molecule has 5 nitrogen and oxygen atoms in total. The Hall–Kier alpha value is -3.29. The highest BCUT2D eigenvalue weighted by Gasteiger charge is 2.31. The number of carbonyl (C=O) groups excluding carboxylic acids is 1. The van der Waals surface area contributed by atoms with Crippen LogP contribution in [0.2, 0.25) is 0 Å². The van der Waals surface area contributed by atoms with E-state index >= 15 is 0 Å². The Bertz CT molecular complexity index is 1090. The van der Waals surface area contributed by atoms with Gasteiger partial charge in [-0.1, -0.05) is 18.2 Å². The number of nitrogens with one attached hydrogen (secondary N) is 2. The van der Waals surface area contributed by atoms with E-state index in [1.165, 1.54) is 17.7 Å². The number of carbonyl (C=O) groups is 1. The van der Waals surface area contributed by atoms with Crippen LogP contribution in [0.5, 0.6) is 5.75 Å². The monoisotopic (exact) mass is 443 g/mol. The van der Waals surface area contributed by atoms with Crippen LogP contribution in [0.4, 0.5) is 19.0 Å². The molecular formula is C24H24F3N3O2. The molecule has 1 aliphatic carbocycles. The van der Waals surface area contributed by atoms with Crippen LogP contribution in [0.1, 0.15) is 41.6 Å². The first-order valence-corrected chi connectivity index (χ1v) is 10.6. The Kier molecular flexibility index (Phi) is 6.21. The first-order valence-electron chi connectivity index (χ1n) is 10.6. The molecule has 4 rings (SSSR count). The standard InChI is InChI=1S/C24H24F3N3O2/c1-15-14-22(30-21-5-3-2-4-20(15)21)28-17-8-10-18(11-9-17)29-23(31)16-6-12-19(13-7-16)32-24(25,26)27/h2-7,12-14,17-18H,8-11H2,1H3,(H,28,30)(H,29,31)/t17-,18+. The van der Waals surface area contributed by atoms with E-state index in [1.807, 2.05) is 18.2 Å². The van der Waals surface area contributed by atoms with E-state index in [0.29, 0.717) is 5.56 Å². The van der Waals surface area contributed by atoms with E-state index in [2.05, 4.69) is 34.4 Å². The van der Waals surface area contributed by atoms with Gasteiger partial charge in [-0.15, -0.1) is 13.2 Å². The Morgan fingerprint density at radius 2 is 1.66 bits per heavy atom. The van der Waals surface area contributed by atoms with Gasteiger partial charge in [-0.05, 0) is 74.6 Å². The van der Waals surface area contributed by atoms with Gasteiger partial charge in [-0.2, -0.15) is 0 Å². The number of aryl methyl sites for hydroxylation is 1. The van der Waals surface area contributed by atoms with E-state index in [0.717, 1.165) is 54.5 Å². The van der Waals surface area contributed by atoms with Crippen LogP contribution < -0.4 is 15.4 Å². The molecular weight excluding hydrogens is 419 g/mol. The molecule has 0 bridgehead atoms. The first kappa shape index (κ1) is 21.9. The number of fused-ring (bicyclic) bond motifs is 1. The van der Waals surface area contributed by atoms with Gasteiger partial charge in [0, 0.05) is 23.0 Å². The molecule has 0 unspecified atom stereocenters. The number of amides is 1. The van der Waals surface area contributed by atoms with Crippen molar-refractivity contribution in [3.63, 3.8) is 0 Å². The second-order valence-corrected chi connectivity index (χ2v) is 8.08. The molecule has 32 heavy (non-hydrogen) atoms. The maximum absolute atomic E-state index is 12.4. The smallest absolute Gasteiger partial charge is 0.406 e. The summed E-state index contributed by atoms with van der Waals surface area (Å²) in [7, 11) is 0. The van der Waals surface area contributed by atoms with Crippen molar-refractivity contribution < 1.29 is 22.7 Å². The molecule has 8 heteroatoms. The highest BCUT2D eigenvalue weighted by atomic mass is 19.4. The largest absolute Gasteiger partial charge is 0.573 e. The molecule has 1 heterocycles. The number of halogens is 3. The molecule has 1 aliphatic rings. The minimum atomic E-state index is -4.75. The highest BCUT2D eigenvalue weighted by Crippen LogP contribution is 2.26. The summed E-state index contributed by atoms with van der Waals surface area (Å²) >= 11 is 0. The molecule has 1 saturated carbocycles. The summed E-state index contributed by atoms with van der Waals surface area (Å²) in [6, 6.07) is 15.3. The number of ether oxygens (including phenoxy) is 1. The number of hydrogen-bond acceptors (Lipinski definition) is 4. The molecule has 0 spiro atoms. The lowest BCUT2D eigenvalue weighted by molar-refractivity contribution is -0.274. The van der Waals surface area contributed by atoms with Crippen molar-refractivity contribution in [2.24, 2.45) is 0 Å². The topological polar surface area (TPSA) is 63.2 Å². The van der Waals surface area contributed by atoms with Crippen LogP contribution in [0.3, 0.4) is 0 Å². The lowest BCUT2D eigenvalue weighted by Gasteiger charge is -2.30.